The number of aromatic nitrogens is 1. The van der Waals surface area contributed by atoms with Crippen LogP contribution in [0.1, 0.15) is 58.5 Å². The summed E-state index contributed by atoms with van der Waals surface area (Å²) in [5.41, 5.74) is 3.97. The average molecular weight is 587 g/mol. The highest BCUT2D eigenvalue weighted by atomic mass is 16.5. The molecule has 2 aliphatic rings. The van der Waals surface area contributed by atoms with E-state index < -0.39 is 11.9 Å². The second-order valence-electron chi connectivity index (χ2n) is 11.3. The summed E-state index contributed by atoms with van der Waals surface area (Å²) < 4.78 is 17.2. The van der Waals surface area contributed by atoms with Crippen LogP contribution in [0, 0.1) is 5.92 Å². The minimum absolute atomic E-state index is 0.159. The number of aryl methyl sites for hydroxylation is 1. The van der Waals surface area contributed by atoms with Crippen LogP contribution in [0.5, 0.6) is 17.2 Å². The van der Waals surface area contributed by atoms with E-state index in [-0.39, 0.29) is 37.4 Å². The number of nitrogens with one attached hydrogen (secondary N) is 2. The SMILES string of the molecule is COc1cc2cc(c1OC)-c1cncc(c1)C(=O)N[C@H](CC(C)C)C(=O)NCCN(C(=O)c1ccc3c(c1)CCCO3)C2. The van der Waals surface area contributed by atoms with E-state index in [1.807, 2.05) is 38.1 Å². The molecule has 0 saturated carbocycles. The third-order valence-electron chi connectivity index (χ3n) is 7.68. The predicted octanol–water partition coefficient (Wildman–Crippen LogP) is 4.01. The molecule has 2 aromatic carbocycles. The second kappa shape index (κ2) is 13.1. The van der Waals surface area contributed by atoms with Crippen LogP contribution >= 0.6 is 0 Å². The summed E-state index contributed by atoms with van der Waals surface area (Å²) in [7, 11) is 3.11. The van der Waals surface area contributed by atoms with Crippen molar-refractivity contribution < 1.29 is 28.6 Å². The Morgan fingerprint density at radius 1 is 1.09 bits per heavy atom. The van der Waals surface area contributed by atoms with Gasteiger partial charge in [-0.15, -0.1) is 0 Å². The summed E-state index contributed by atoms with van der Waals surface area (Å²) in [6.45, 7) is 5.36. The number of ether oxygens (including phenoxy) is 3. The smallest absolute Gasteiger partial charge is 0.254 e. The lowest BCUT2D eigenvalue weighted by Gasteiger charge is -2.26. The number of benzene rings is 2. The van der Waals surface area contributed by atoms with E-state index in [1.165, 1.54) is 6.20 Å². The van der Waals surface area contributed by atoms with Crippen molar-refractivity contribution in [1.82, 2.24) is 20.5 Å². The molecule has 0 radical (unpaired) electrons. The van der Waals surface area contributed by atoms with Crippen molar-refractivity contribution in [2.45, 2.75) is 45.7 Å². The van der Waals surface area contributed by atoms with Crippen molar-refractivity contribution in [1.29, 1.82) is 0 Å². The van der Waals surface area contributed by atoms with Crippen molar-refractivity contribution >= 4 is 17.7 Å². The van der Waals surface area contributed by atoms with Crippen molar-refractivity contribution in [3.63, 3.8) is 0 Å². The van der Waals surface area contributed by atoms with E-state index in [2.05, 4.69) is 15.6 Å². The van der Waals surface area contributed by atoms with Gasteiger partial charge in [-0.2, -0.15) is 0 Å². The van der Waals surface area contributed by atoms with Crippen molar-refractivity contribution in [2.24, 2.45) is 5.92 Å². The van der Waals surface area contributed by atoms with E-state index in [0.717, 1.165) is 29.7 Å². The lowest BCUT2D eigenvalue weighted by molar-refractivity contribution is -0.123. The fourth-order valence-electron chi connectivity index (χ4n) is 5.57. The average Bonchev–Trinajstić information content (AvgIpc) is 3.02. The second-order valence-corrected chi connectivity index (χ2v) is 11.3. The Morgan fingerprint density at radius 2 is 1.91 bits per heavy atom. The minimum Gasteiger partial charge on any atom is -0.493 e. The zero-order valence-corrected chi connectivity index (χ0v) is 25.1. The largest absolute Gasteiger partial charge is 0.493 e. The van der Waals surface area contributed by atoms with Gasteiger partial charge in [0.15, 0.2) is 11.5 Å². The van der Waals surface area contributed by atoms with Gasteiger partial charge in [0.05, 0.1) is 26.4 Å². The Hall–Kier alpha value is -4.60. The highest BCUT2D eigenvalue weighted by molar-refractivity contribution is 5.98. The molecular formula is C33H38N4O6. The van der Waals surface area contributed by atoms with Gasteiger partial charge >= 0.3 is 0 Å². The van der Waals surface area contributed by atoms with Crippen LogP contribution in [0.4, 0.5) is 0 Å². The van der Waals surface area contributed by atoms with Gasteiger partial charge in [-0.1, -0.05) is 13.8 Å². The van der Waals surface area contributed by atoms with Crippen LogP contribution in [0.25, 0.3) is 11.1 Å². The highest BCUT2D eigenvalue weighted by Crippen LogP contribution is 2.40. The Balaban J connectivity index is 1.58. The van der Waals surface area contributed by atoms with Crippen LogP contribution in [0.2, 0.25) is 0 Å². The molecule has 10 heteroatoms. The van der Waals surface area contributed by atoms with Gasteiger partial charge in [-0.3, -0.25) is 19.4 Å². The Kier molecular flexibility index (Phi) is 9.13. The molecule has 0 spiro atoms. The van der Waals surface area contributed by atoms with E-state index in [9.17, 15) is 14.4 Å². The van der Waals surface area contributed by atoms with Crippen LogP contribution in [0.15, 0.2) is 48.8 Å². The number of nitrogens with zero attached hydrogens (tertiary/aromatic N) is 2. The molecule has 0 aliphatic carbocycles. The number of rotatable bonds is 5. The lowest BCUT2D eigenvalue weighted by atomic mass is 9.99. The molecule has 226 valence electrons. The molecule has 2 N–H and O–H groups in total. The molecule has 0 fully saturated rings. The first-order valence-electron chi connectivity index (χ1n) is 14.6. The molecule has 1 atom stereocenters. The zero-order valence-electron chi connectivity index (χ0n) is 25.1. The summed E-state index contributed by atoms with van der Waals surface area (Å²) in [5.74, 6) is 1.06. The molecule has 0 unspecified atom stereocenters. The van der Waals surface area contributed by atoms with Crippen LogP contribution in [0.3, 0.4) is 0 Å². The van der Waals surface area contributed by atoms with E-state index in [4.69, 9.17) is 14.2 Å². The third kappa shape index (κ3) is 6.74. The quantitative estimate of drug-likeness (QED) is 0.464. The van der Waals surface area contributed by atoms with Gasteiger partial charge in [0, 0.05) is 48.7 Å². The molecule has 4 bridgehead atoms. The van der Waals surface area contributed by atoms with E-state index in [1.54, 1.807) is 37.4 Å². The molecule has 2 aliphatic heterocycles. The number of amides is 3. The molecule has 3 amide bonds. The molecule has 3 aromatic rings. The molecule has 10 nitrogen and oxygen atoms in total. The highest BCUT2D eigenvalue weighted by Gasteiger charge is 2.26. The van der Waals surface area contributed by atoms with Crippen molar-refractivity contribution in [2.75, 3.05) is 33.9 Å². The Labute approximate surface area is 251 Å². The number of carbonyl (C=O) groups excluding carboxylic acids is 3. The van der Waals surface area contributed by atoms with Crippen molar-refractivity contribution in [3.05, 3.63) is 71.0 Å². The number of methoxy groups -OCH3 is 2. The monoisotopic (exact) mass is 586 g/mol. The minimum atomic E-state index is -0.748. The Morgan fingerprint density at radius 3 is 2.67 bits per heavy atom. The number of pyridine rings is 1. The number of hydrogen-bond acceptors (Lipinski definition) is 7. The standard InChI is InChI=1S/C33H38N4O6/c1-20(2)12-27-32(39)35-9-10-37(33(40)23-7-8-28-22(15-23)6-5-11-43-28)19-21-13-26(30(42-4)29(14-21)41-3)24-16-25(18-34-17-24)31(38)36-27/h7-8,13-18,20,27H,5-6,9-12,19H2,1-4H3,(H,35,39)(H,36,38)/t27-/m1/s1. The fourth-order valence-corrected chi connectivity index (χ4v) is 5.57. The summed E-state index contributed by atoms with van der Waals surface area (Å²) in [5, 5.41) is 5.82. The number of carbonyl (C=O) groups is 3. The third-order valence-corrected chi connectivity index (χ3v) is 7.68. The molecule has 43 heavy (non-hydrogen) atoms. The lowest BCUT2D eigenvalue weighted by Crippen LogP contribution is -2.49. The first-order chi connectivity index (χ1) is 20.8. The maximum Gasteiger partial charge on any atom is 0.254 e. The molecular weight excluding hydrogens is 548 g/mol. The van der Waals surface area contributed by atoms with Crippen LogP contribution in [-0.4, -0.2) is 67.6 Å². The van der Waals surface area contributed by atoms with Gasteiger partial charge in [0.25, 0.3) is 11.8 Å². The normalized spacial score (nSPS) is 17.0. The van der Waals surface area contributed by atoms with Gasteiger partial charge in [0.1, 0.15) is 11.8 Å². The fraction of sp³-hybridized carbons (Fsp3) is 0.394. The molecule has 3 heterocycles. The predicted molar refractivity (Wildman–Crippen MR) is 161 cm³/mol. The maximum atomic E-state index is 14.0. The van der Waals surface area contributed by atoms with Gasteiger partial charge in [-0.05, 0) is 72.7 Å². The summed E-state index contributed by atoms with van der Waals surface area (Å²) in [4.78, 5) is 46.6. The van der Waals surface area contributed by atoms with Crippen molar-refractivity contribution in [3.8, 4) is 28.4 Å². The van der Waals surface area contributed by atoms with E-state index >= 15 is 0 Å². The number of hydrogen-bond donors (Lipinski definition) is 2. The summed E-state index contributed by atoms with van der Waals surface area (Å²) in [6, 6.07) is 10.3. The Bertz CT molecular complexity index is 1520. The van der Waals surface area contributed by atoms with Gasteiger partial charge in [0.2, 0.25) is 5.91 Å². The first-order valence-corrected chi connectivity index (χ1v) is 14.6. The van der Waals surface area contributed by atoms with Crippen LogP contribution < -0.4 is 24.8 Å². The van der Waals surface area contributed by atoms with Crippen LogP contribution in [-0.2, 0) is 17.8 Å². The van der Waals surface area contributed by atoms with E-state index in [0.29, 0.717) is 46.8 Å². The van der Waals surface area contributed by atoms with Gasteiger partial charge in [-0.25, -0.2) is 0 Å². The summed E-state index contributed by atoms with van der Waals surface area (Å²) in [6.07, 6.45) is 5.32. The zero-order chi connectivity index (χ0) is 30.5. The maximum absolute atomic E-state index is 14.0. The van der Waals surface area contributed by atoms with Gasteiger partial charge < -0.3 is 29.7 Å². The topological polar surface area (TPSA) is 119 Å². The summed E-state index contributed by atoms with van der Waals surface area (Å²) >= 11 is 0. The molecule has 5 rings (SSSR count). The number of fused-ring (bicyclic) bond motifs is 6. The molecule has 1 aromatic heterocycles. The first kappa shape index (κ1) is 29.9. The molecule has 0 saturated heterocycles.